The van der Waals surface area contributed by atoms with Crippen LogP contribution in [0.5, 0.6) is 5.75 Å². The third-order valence-corrected chi connectivity index (χ3v) is 6.77. The molecule has 3 N–H and O–H groups in total. The summed E-state index contributed by atoms with van der Waals surface area (Å²) in [6.45, 7) is -1.97. The molecule has 0 bridgehead atoms. The lowest BCUT2D eigenvalue weighted by Crippen LogP contribution is -2.40. The molecule has 42 heavy (non-hydrogen) atoms. The van der Waals surface area contributed by atoms with E-state index >= 15 is 0 Å². The zero-order valence-corrected chi connectivity index (χ0v) is 23.0. The Kier molecular flexibility index (Phi) is 8.59. The van der Waals surface area contributed by atoms with Gasteiger partial charge >= 0.3 is 6.61 Å². The fraction of sp³-hybridized carbons (Fsp3) is 0.308. The summed E-state index contributed by atoms with van der Waals surface area (Å²) in [5.41, 5.74) is 0.663. The fourth-order valence-electron chi connectivity index (χ4n) is 4.59. The van der Waals surface area contributed by atoms with Crippen LogP contribution >= 0.6 is 11.6 Å². The number of aromatic nitrogens is 5. The second kappa shape index (κ2) is 12.5. The van der Waals surface area contributed by atoms with E-state index < -0.39 is 18.6 Å². The van der Waals surface area contributed by atoms with Crippen LogP contribution in [0.15, 0.2) is 49.1 Å². The van der Waals surface area contributed by atoms with Crippen molar-refractivity contribution in [2.45, 2.75) is 19.1 Å². The lowest BCUT2D eigenvalue weighted by atomic mass is 10.1. The van der Waals surface area contributed by atoms with Crippen molar-refractivity contribution in [2.75, 3.05) is 38.5 Å². The number of nitrogens with one attached hydrogen (secondary N) is 3. The van der Waals surface area contributed by atoms with Crippen LogP contribution < -0.4 is 20.7 Å². The highest BCUT2D eigenvalue weighted by molar-refractivity contribution is 6.31. The maximum atomic E-state index is 13.3. The number of carbonyl (C=O) groups is 3. The van der Waals surface area contributed by atoms with Gasteiger partial charge in [-0.3, -0.25) is 19.1 Å². The van der Waals surface area contributed by atoms with Crippen LogP contribution in [0.2, 0.25) is 5.02 Å². The number of carbonyl (C=O) groups excluding carboxylic acids is 3. The van der Waals surface area contributed by atoms with Crippen molar-refractivity contribution in [1.29, 1.82) is 0 Å². The molecule has 3 amide bonds. The Bertz CT molecular complexity index is 1630. The number of amides is 3. The summed E-state index contributed by atoms with van der Waals surface area (Å²) in [6.07, 6.45) is 6.23. The van der Waals surface area contributed by atoms with E-state index in [4.69, 9.17) is 16.3 Å². The number of hydrogen-bond acceptors (Lipinski definition) is 8. The maximum Gasteiger partial charge on any atom is 0.387 e. The molecule has 5 rings (SSSR count). The third-order valence-electron chi connectivity index (χ3n) is 6.54. The first kappa shape index (κ1) is 28.9. The van der Waals surface area contributed by atoms with Gasteiger partial charge in [0, 0.05) is 42.6 Å². The van der Waals surface area contributed by atoms with E-state index in [0.29, 0.717) is 31.7 Å². The van der Waals surface area contributed by atoms with Crippen molar-refractivity contribution in [3.05, 3.63) is 59.6 Å². The number of rotatable bonds is 11. The normalized spacial score (nSPS) is 15.0. The number of likely N-dealkylation sites (tertiary alicyclic amines) is 1. The Balaban J connectivity index is 1.48. The molecule has 0 radical (unpaired) electrons. The van der Waals surface area contributed by atoms with Crippen molar-refractivity contribution < 1.29 is 27.9 Å². The summed E-state index contributed by atoms with van der Waals surface area (Å²) in [5.74, 6) is -1.48. The van der Waals surface area contributed by atoms with E-state index in [9.17, 15) is 23.2 Å². The Morgan fingerprint density at radius 2 is 2.10 bits per heavy atom. The van der Waals surface area contributed by atoms with Crippen molar-refractivity contribution in [3.63, 3.8) is 0 Å². The van der Waals surface area contributed by atoms with Gasteiger partial charge in [-0.2, -0.15) is 19.0 Å². The van der Waals surface area contributed by atoms with Crippen LogP contribution in [0.4, 0.5) is 14.5 Å². The maximum absolute atomic E-state index is 13.3. The molecule has 1 fully saturated rings. The van der Waals surface area contributed by atoms with Gasteiger partial charge in [0.25, 0.3) is 5.91 Å². The molecule has 1 atom stereocenters. The number of anilines is 1. The van der Waals surface area contributed by atoms with Gasteiger partial charge < -0.3 is 25.6 Å². The highest BCUT2D eigenvalue weighted by Gasteiger charge is 2.35. The zero-order valence-electron chi connectivity index (χ0n) is 22.3. The SMILES string of the molecule is CNCCNC(=O)CN1CCC(n2cc(NC(=O)c3cnn4cccnc34)c(-c3cc(Cl)ccc3OC(F)F)n2)C1=O. The second-order valence-electron chi connectivity index (χ2n) is 9.31. The molecule has 1 unspecified atom stereocenters. The van der Waals surface area contributed by atoms with Crippen LogP contribution in [0.1, 0.15) is 22.8 Å². The van der Waals surface area contributed by atoms with Crippen molar-refractivity contribution in [3.8, 4) is 17.0 Å². The monoisotopic (exact) mass is 601 g/mol. The van der Waals surface area contributed by atoms with Gasteiger partial charge in [0.2, 0.25) is 11.8 Å². The van der Waals surface area contributed by atoms with Crippen LogP contribution in [0, 0.1) is 0 Å². The minimum absolute atomic E-state index is 0.0435. The summed E-state index contributed by atoms with van der Waals surface area (Å²) in [4.78, 5) is 44.5. The highest BCUT2D eigenvalue weighted by Crippen LogP contribution is 2.38. The molecular weight excluding hydrogens is 576 g/mol. The Morgan fingerprint density at radius 3 is 2.88 bits per heavy atom. The Hall–Kier alpha value is -4.63. The minimum Gasteiger partial charge on any atom is -0.434 e. The van der Waals surface area contributed by atoms with Crippen LogP contribution in [0.3, 0.4) is 0 Å². The van der Waals surface area contributed by atoms with Gasteiger partial charge in [-0.05, 0) is 37.7 Å². The molecule has 0 spiro atoms. The standard InChI is InChI=1S/C26H26ClF2N9O4/c1-30-7-8-31-21(39)14-36-10-5-19(25(36)41)38-13-18(34-24(40)17-12-33-37-9-2-6-32-23(17)37)22(35-38)16-11-15(27)3-4-20(16)42-26(28)29/h2-4,6,9,11-13,19,26,30H,5,7-8,10,14H2,1H3,(H,31,39)(H,34,40). The summed E-state index contributed by atoms with van der Waals surface area (Å²) in [6, 6.07) is 4.86. The molecule has 220 valence electrons. The minimum atomic E-state index is -3.14. The lowest BCUT2D eigenvalue weighted by molar-refractivity contribution is -0.135. The Morgan fingerprint density at radius 1 is 1.26 bits per heavy atom. The summed E-state index contributed by atoms with van der Waals surface area (Å²) >= 11 is 6.19. The molecule has 1 aliphatic heterocycles. The van der Waals surface area contributed by atoms with Gasteiger partial charge in [-0.1, -0.05) is 11.6 Å². The smallest absolute Gasteiger partial charge is 0.387 e. The van der Waals surface area contributed by atoms with Gasteiger partial charge in [0.15, 0.2) is 5.65 Å². The summed E-state index contributed by atoms with van der Waals surface area (Å²) < 4.78 is 34.0. The first-order valence-corrected chi connectivity index (χ1v) is 13.3. The molecule has 1 saturated heterocycles. The van der Waals surface area contributed by atoms with Gasteiger partial charge in [-0.25, -0.2) is 9.50 Å². The Labute approximate surface area is 242 Å². The number of halogens is 3. The van der Waals surface area contributed by atoms with Crippen molar-refractivity contribution in [1.82, 2.24) is 39.9 Å². The molecule has 0 aliphatic carbocycles. The average molecular weight is 602 g/mol. The molecule has 4 heterocycles. The molecule has 0 saturated carbocycles. The van der Waals surface area contributed by atoms with E-state index in [1.165, 1.54) is 50.9 Å². The van der Waals surface area contributed by atoms with E-state index in [0.717, 1.165) is 0 Å². The molecule has 1 aromatic carbocycles. The van der Waals surface area contributed by atoms with Crippen LogP contribution in [-0.2, 0) is 9.59 Å². The van der Waals surface area contributed by atoms with Gasteiger partial charge in [-0.15, -0.1) is 0 Å². The van der Waals surface area contributed by atoms with Crippen LogP contribution in [0.25, 0.3) is 16.9 Å². The molecule has 16 heteroatoms. The number of benzene rings is 1. The molecule has 13 nitrogen and oxygen atoms in total. The predicted molar refractivity (Wildman–Crippen MR) is 147 cm³/mol. The van der Waals surface area contributed by atoms with E-state index in [1.807, 2.05) is 0 Å². The average Bonchev–Trinajstić information content (AvgIpc) is 3.67. The highest BCUT2D eigenvalue weighted by atomic mass is 35.5. The lowest BCUT2D eigenvalue weighted by Gasteiger charge is -2.16. The molecule has 4 aromatic rings. The molecular formula is C26H26ClF2N9O4. The quantitative estimate of drug-likeness (QED) is 0.222. The molecule has 1 aliphatic rings. The number of alkyl halides is 2. The second-order valence-corrected chi connectivity index (χ2v) is 9.74. The fourth-order valence-corrected chi connectivity index (χ4v) is 4.76. The van der Waals surface area contributed by atoms with Crippen molar-refractivity contribution >= 4 is 40.7 Å². The predicted octanol–water partition coefficient (Wildman–Crippen LogP) is 2.21. The number of fused-ring (bicyclic) bond motifs is 1. The first-order valence-electron chi connectivity index (χ1n) is 12.9. The van der Waals surface area contributed by atoms with Gasteiger partial charge in [0.1, 0.15) is 23.0 Å². The zero-order chi connectivity index (χ0) is 29.8. The van der Waals surface area contributed by atoms with E-state index in [1.54, 1.807) is 19.3 Å². The number of hydrogen-bond donors (Lipinski definition) is 3. The number of nitrogens with zero attached hydrogens (tertiary/aromatic N) is 6. The van der Waals surface area contributed by atoms with E-state index in [-0.39, 0.29) is 51.6 Å². The van der Waals surface area contributed by atoms with E-state index in [2.05, 4.69) is 31.1 Å². The number of likely N-dealkylation sites (N-methyl/N-ethyl adjacent to an activating group) is 1. The van der Waals surface area contributed by atoms with Gasteiger partial charge in [0.05, 0.1) is 24.6 Å². The molecule has 3 aromatic heterocycles. The largest absolute Gasteiger partial charge is 0.434 e. The third kappa shape index (κ3) is 6.16. The summed E-state index contributed by atoms with van der Waals surface area (Å²) in [5, 5.41) is 17.2. The topological polar surface area (TPSA) is 148 Å². The summed E-state index contributed by atoms with van der Waals surface area (Å²) in [7, 11) is 1.76. The first-order chi connectivity index (χ1) is 20.2. The van der Waals surface area contributed by atoms with Crippen LogP contribution in [-0.4, -0.2) is 86.8 Å². The van der Waals surface area contributed by atoms with Crippen molar-refractivity contribution in [2.24, 2.45) is 0 Å². The number of ether oxygens (including phenoxy) is 1.